The number of rotatable bonds is 3. The number of hydrogen-bond acceptors (Lipinski definition) is 3. The first-order valence-electron chi connectivity index (χ1n) is 5.44. The number of carboxylic acid groups (broad SMARTS) is 1. The van der Waals surface area contributed by atoms with Crippen LogP contribution in [0.1, 0.15) is 20.8 Å². The fourth-order valence-corrected chi connectivity index (χ4v) is 1.91. The summed E-state index contributed by atoms with van der Waals surface area (Å²) in [7, 11) is 0. The molecule has 0 aliphatic rings. The van der Waals surface area contributed by atoms with Gasteiger partial charge >= 0.3 is 5.97 Å². The Kier molecular flexibility index (Phi) is 4.22. The van der Waals surface area contributed by atoms with E-state index in [-0.39, 0.29) is 22.0 Å². The maximum Gasteiger partial charge on any atom is 0.356 e. The molecule has 0 aliphatic heterocycles. The lowest BCUT2D eigenvalue weighted by Crippen LogP contribution is -2.16. The summed E-state index contributed by atoms with van der Waals surface area (Å²) in [5.74, 6) is -1.80. The van der Waals surface area contributed by atoms with Gasteiger partial charge in [-0.3, -0.25) is 4.79 Å². The number of carboxylic acids is 1. The highest BCUT2D eigenvalue weighted by Gasteiger charge is 2.16. The van der Waals surface area contributed by atoms with E-state index >= 15 is 0 Å². The highest BCUT2D eigenvalue weighted by Crippen LogP contribution is 2.22. The number of carbonyl (C=O) groups is 2. The summed E-state index contributed by atoms with van der Waals surface area (Å²) in [5, 5.41) is 12.0. The molecule has 2 N–H and O–H groups in total. The molecule has 0 fully saturated rings. The van der Waals surface area contributed by atoms with Crippen LogP contribution in [0, 0.1) is 0 Å². The summed E-state index contributed by atoms with van der Waals surface area (Å²) in [6, 6.07) is 7.39. The molecular weight excluding hydrogens is 303 g/mol. The molecule has 0 radical (unpaired) electrons. The van der Waals surface area contributed by atoms with Crippen LogP contribution in [0.2, 0.25) is 10.0 Å². The third-order valence-corrected chi connectivity index (χ3v) is 3.00. The van der Waals surface area contributed by atoms with Crippen molar-refractivity contribution in [2.75, 3.05) is 5.32 Å². The van der Waals surface area contributed by atoms with Gasteiger partial charge in [-0.15, -0.1) is 0 Å². The largest absolute Gasteiger partial charge is 0.476 e. The van der Waals surface area contributed by atoms with Gasteiger partial charge in [0.2, 0.25) is 0 Å². The predicted octanol–water partition coefficient (Wildman–Crippen LogP) is 3.34. The number of nitrogens with zero attached hydrogens (tertiary/aromatic N) is 1. The zero-order chi connectivity index (χ0) is 14.7. The van der Waals surface area contributed by atoms with Gasteiger partial charge in [0, 0.05) is 11.2 Å². The third-order valence-electron chi connectivity index (χ3n) is 2.43. The van der Waals surface area contributed by atoms with Crippen molar-refractivity contribution in [1.82, 2.24) is 4.98 Å². The van der Waals surface area contributed by atoms with E-state index in [9.17, 15) is 9.59 Å². The molecule has 2 rings (SSSR count). The summed E-state index contributed by atoms with van der Waals surface area (Å²) in [6.45, 7) is 0. The van der Waals surface area contributed by atoms with E-state index < -0.39 is 11.9 Å². The second-order valence-electron chi connectivity index (χ2n) is 3.78. The molecule has 1 aromatic carbocycles. The Balaban J connectivity index is 2.33. The molecule has 0 unspecified atom stereocenters. The number of aromatic nitrogens is 1. The molecule has 7 heteroatoms. The fraction of sp³-hybridized carbons (Fsp3) is 0. The van der Waals surface area contributed by atoms with Crippen molar-refractivity contribution >= 4 is 40.8 Å². The monoisotopic (exact) mass is 310 g/mol. The van der Waals surface area contributed by atoms with Crippen LogP contribution in [-0.2, 0) is 0 Å². The quantitative estimate of drug-likeness (QED) is 0.911. The minimum absolute atomic E-state index is 0.0843. The van der Waals surface area contributed by atoms with Crippen LogP contribution in [0.5, 0.6) is 0 Å². The number of benzene rings is 1. The summed E-state index contributed by atoms with van der Waals surface area (Å²) >= 11 is 11.7. The number of aromatic carboxylic acids is 1. The lowest BCUT2D eigenvalue weighted by molar-refractivity contribution is 0.0692. The van der Waals surface area contributed by atoms with Crippen LogP contribution in [-0.4, -0.2) is 22.0 Å². The Labute approximate surface area is 124 Å². The van der Waals surface area contributed by atoms with Crippen molar-refractivity contribution in [1.29, 1.82) is 0 Å². The summed E-state index contributed by atoms with van der Waals surface area (Å²) in [4.78, 5) is 26.8. The number of halogens is 2. The molecular formula is C13H8Cl2N2O3. The first kappa shape index (κ1) is 14.3. The van der Waals surface area contributed by atoms with Crippen molar-refractivity contribution < 1.29 is 14.7 Å². The Morgan fingerprint density at radius 1 is 1.20 bits per heavy atom. The van der Waals surface area contributed by atoms with Crippen LogP contribution in [0.4, 0.5) is 5.69 Å². The molecule has 20 heavy (non-hydrogen) atoms. The lowest BCUT2D eigenvalue weighted by atomic mass is 10.2. The molecule has 0 saturated carbocycles. The number of carbonyl (C=O) groups excluding carboxylic acids is 1. The van der Waals surface area contributed by atoms with E-state index in [1.165, 1.54) is 30.5 Å². The first-order valence-corrected chi connectivity index (χ1v) is 6.19. The minimum atomic E-state index is -1.24. The summed E-state index contributed by atoms with van der Waals surface area (Å²) in [6.07, 6.45) is 1.32. The molecule has 0 bridgehead atoms. The average molecular weight is 311 g/mol. The van der Waals surface area contributed by atoms with Crippen molar-refractivity contribution in [2.24, 2.45) is 0 Å². The molecule has 0 atom stereocenters. The Bertz CT molecular complexity index is 689. The van der Waals surface area contributed by atoms with Crippen LogP contribution in [0.15, 0.2) is 36.5 Å². The lowest BCUT2D eigenvalue weighted by Gasteiger charge is -2.08. The average Bonchev–Trinajstić information content (AvgIpc) is 2.41. The minimum Gasteiger partial charge on any atom is -0.476 e. The Morgan fingerprint density at radius 2 is 1.95 bits per heavy atom. The van der Waals surface area contributed by atoms with E-state index in [1.807, 2.05) is 0 Å². The number of pyridine rings is 1. The number of amides is 1. The summed E-state index contributed by atoms with van der Waals surface area (Å²) < 4.78 is 0. The van der Waals surface area contributed by atoms with E-state index in [2.05, 4.69) is 10.3 Å². The van der Waals surface area contributed by atoms with Gasteiger partial charge in [0.25, 0.3) is 5.91 Å². The van der Waals surface area contributed by atoms with Gasteiger partial charge in [0.05, 0.1) is 16.3 Å². The van der Waals surface area contributed by atoms with E-state index in [4.69, 9.17) is 28.3 Å². The van der Waals surface area contributed by atoms with Gasteiger partial charge in [-0.1, -0.05) is 23.2 Å². The van der Waals surface area contributed by atoms with E-state index in [1.54, 1.807) is 6.07 Å². The molecule has 0 spiro atoms. The molecule has 1 aromatic heterocycles. The van der Waals surface area contributed by atoms with Gasteiger partial charge < -0.3 is 10.4 Å². The fourth-order valence-electron chi connectivity index (χ4n) is 1.54. The topological polar surface area (TPSA) is 79.3 Å². The van der Waals surface area contributed by atoms with E-state index in [0.717, 1.165) is 0 Å². The van der Waals surface area contributed by atoms with Gasteiger partial charge in [-0.25, -0.2) is 9.78 Å². The third kappa shape index (κ3) is 3.07. The van der Waals surface area contributed by atoms with Crippen LogP contribution < -0.4 is 5.32 Å². The predicted molar refractivity (Wildman–Crippen MR) is 75.6 cm³/mol. The normalized spacial score (nSPS) is 10.1. The Hall–Kier alpha value is -2.11. The van der Waals surface area contributed by atoms with Crippen molar-refractivity contribution in [3.05, 3.63) is 57.8 Å². The van der Waals surface area contributed by atoms with Gasteiger partial charge in [-0.05, 0) is 30.3 Å². The summed E-state index contributed by atoms with van der Waals surface area (Å²) in [5.41, 5.74) is -0.0144. The number of anilines is 1. The van der Waals surface area contributed by atoms with Crippen LogP contribution in [0.25, 0.3) is 0 Å². The number of hydrogen-bond donors (Lipinski definition) is 2. The van der Waals surface area contributed by atoms with Gasteiger partial charge in [0.15, 0.2) is 5.69 Å². The zero-order valence-corrected chi connectivity index (χ0v) is 11.4. The van der Waals surface area contributed by atoms with E-state index in [0.29, 0.717) is 5.02 Å². The SMILES string of the molecule is O=C(Nc1cccnc1C(=O)O)c1cc(Cl)ccc1Cl. The van der Waals surface area contributed by atoms with Crippen molar-refractivity contribution in [3.8, 4) is 0 Å². The highest BCUT2D eigenvalue weighted by molar-refractivity contribution is 6.36. The first-order chi connectivity index (χ1) is 9.49. The van der Waals surface area contributed by atoms with Crippen molar-refractivity contribution in [3.63, 3.8) is 0 Å². The second-order valence-corrected chi connectivity index (χ2v) is 4.63. The standard InChI is InChI=1S/C13H8Cl2N2O3/c14-7-3-4-9(15)8(6-7)12(18)17-10-2-1-5-16-11(10)13(19)20/h1-6H,(H,17,18)(H,19,20). The van der Waals surface area contributed by atoms with Crippen LogP contribution in [0.3, 0.4) is 0 Å². The second kappa shape index (κ2) is 5.90. The molecule has 0 aliphatic carbocycles. The zero-order valence-electron chi connectivity index (χ0n) is 9.93. The smallest absolute Gasteiger partial charge is 0.356 e. The molecule has 2 aromatic rings. The molecule has 0 saturated heterocycles. The number of nitrogens with one attached hydrogen (secondary N) is 1. The molecule has 5 nitrogen and oxygen atoms in total. The highest BCUT2D eigenvalue weighted by atomic mass is 35.5. The van der Waals surface area contributed by atoms with Gasteiger partial charge in [-0.2, -0.15) is 0 Å². The maximum absolute atomic E-state index is 12.1. The van der Waals surface area contributed by atoms with Crippen LogP contribution >= 0.6 is 23.2 Å². The molecule has 1 heterocycles. The van der Waals surface area contributed by atoms with Gasteiger partial charge in [0.1, 0.15) is 0 Å². The van der Waals surface area contributed by atoms with Crippen molar-refractivity contribution in [2.45, 2.75) is 0 Å². The Morgan fingerprint density at radius 3 is 2.65 bits per heavy atom. The molecule has 1 amide bonds. The maximum atomic E-state index is 12.1. The molecule has 102 valence electrons.